The van der Waals surface area contributed by atoms with Crippen LogP contribution in [0.3, 0.4) is 0 Å². The number of nitrogens with one attached hydrogen (secondary N) is 1. The highest BCUT2D eigenvalue weighted by Crippen LogP contribution is 2.24. The molecule has 0 amide bonds. The van der Waals surface area contributed by atoms with Crippen LogP contribution >= 0.6 is 0 Å². The van der Waals surface area contributed by atoms with Gasteiger partial charge < -0.3 is 14.8 Å². The number of nitrogens with zero attached hydrogens (tertiary/aromatic N) is 4. The van der Waals surface area contributed by atoms with Crippen molar-refractivity contribution >= 4 is 22.6 Å². The van der Waals surface area contributed by atoms with Crippen LogP contribution in [0.2, 0.25) is 0 Å². The molecule has 4 rings (SSSR count). The van der Waals surface area contributed by atoms with Gasteiger partial charge in [0.2, 0.25) is 5.78 Å². The van der Waals surface area contributed by atoms with Crippen molar-refractivity contribution < 1.29 is 0 Å². The third kappa shape index (κ3) is 2.21. The van der Waals surface area contributed by atoms with Gasteiger partial charge in [0, 0.05) is 38.3 Å². The molecule has 0 saturated carbocycles. The first-order chi connectivity index (χ1) is 11.2. The third-order valence-corrected chi connectivity index (χ3v) is 4.44. The molecule has 0 aliphatic carbocycles. The molecule has 3 aromatic rings. The standard InChI is InChI=1S/C17H21N5O/c1-12(2)21-13-5-3-4-6-14(13)22-16(23)11-15(19-17(21)22)20-9-7-18-8-10-20/h3-6,11-12,18H,7-10H2,1-2H3. The van der Waals surface area contributed by atoms with Gasteiger partial charge in [-0.05, 0) is 26.0 Å². The zero-order chi connectivity index (χ0) is 16.0. The molecule has 1 N–H and O–H groups in total. The number of aromatic nitrogens is 3. The van der Waals surface area contributed by atoms with E-state index in [4.69, 9.17) is 4.98 Å². The normalized spacial score (nSPS) is 15.9. The Kier molecular flexibility index (Phi) is 3.34. The molecule has 1 aliphatic heterocycles. The minimum atomic E-state index is -0.0147. The second-order valence-corrected chi connectivity index (χ2v) is 6.28. The maximum Gasteiger partial charge on any atom is 0.261 e. The summed E-state index contributed by atoms with van der Waals surface area (Å²) in [5.74, 6) is 1.50. The molecule has 1 aliphatic rings. The number of piperazine rings is 1. The number of hydrogen-bond donors (Lipinski definition) is 1. The van der Waals surface area contributed by atoms with E-state index in [0.29, 0.717) is 0 Å². The smallest absolute Gasteiger partial charge is 0.261 e. The van der Waals surface area contributed by atoms with Crippen LogP contribution in [0, 0.1) is 0 Å². The molecule has 0 unspecified atom stereocenters. The van der Waals surface area contributed by atoms with Crippen molar-refractivity contribution in [3.8, 4) is 0 Å². The average molecular weight is 311 g/mol. The summed E-state index contributed by atoms with van der Waals surface area (Å²) in [7, 11) is 0. The van der Waals surface area contributed by atoms with Crippen molar-refractivity contribution in [2.24, 2.45) is 0 Å². The van der Waals surface area contributed by atoms with Gasteiger partial charge >= 0.3 is 0 Å². The molecule has 3 heterocycles. The van der Waals surface area contributed by atoms with Gasteiger partial charge in [-0.2, -0.15) is 4.98 Å². The lowest BCUT2D eigenvalue weighted by atomic mass is 10.3. The Morgan fingerprint density at radius 3 is 2.52 bits per heavy atom. The van der Waals surface area contributed by atoms with E-state index in [1.807, 2.05) is 24.3 Å². The fourth-order valence-electron chi connectivity index (χ4n) is 3.38. The molecule has 0 atom stereocenters. The monoisotopic (exact) mass is 311 g/mol. The number of imidazole rings is 1. The molecule has 6 nitrogen and oxygen atoms in total. The number of para-hydroxylation sites is 2. The van der Waals surface area contributed by atoms with E-state index in [0.717, 1.165) is 48.8 Å². The summed E-state index contributed by atoms with van der Waals surface area (Å²) in [5.41, 5.74) is 1.95. The van der Waals surface area contributed by atoms with Gasteiger partial charge in [0.1, 0.15) is 5.82 Å². The van der Waals surface area contributed by atoms with Crippen molar-refractivity contribution in [3.05, 3.63) is 40.7 Å². The van der Waals surface area contributed by atoms with Crippen LogP contribution in [-0.4, -0.2) is 40.1 Å². The molecule has 6 heteroatoms. The molecular weight excluding hydrogens is 290 g/mol. The number of anilines is 1. The van der Waals surface area contributed by atoms with Gasteiger partial charge in [0.15, 0.2) is 0 Å². The Labute approximate surface area is 134 Å². The maximum atomic E-state index is 12.8. The lowest BCUT2D eigenvalue weighted by Crippen LogP contribution is -2.44. The van der Waals surface area contributed by atoms with E-state index < -0.39 is 0 Å². The van der Waals surface area contributed by atoms with Crippen molar-refractivity contribution in [1.29, 1.82) is 0 Å². The van der Waals surface area contributed by atoms with Gasteiger partial charge in [0.25, 0.3) is 5.56 Å². The number of rotatable bonds is 2. The molecule has 120 valence electrons. The van der Waals surface area contributed by atoms with Crippen molar-refractivity contribution in [1.82, 2.24) is 19.3 Å². The van der Waals surface area contributed by atoms with Crippen LogP contribution in [0.15, 0.2) is 35.1 Å². The van der Waals surface area contributed by atoms with E-state index >= 15 is 0 Å². The summed E-state index contributed by atoms with van der Waals surface area (Å²) in [5, 5.41) is 3.33. The Morgan fingerprint density at radius 2 is 1.83 bits per heavy atom. The predicted molar refractivity (Wildman–Crippen MR) is 92.4 cm³/mol. The van der Waals surface area contributed by atoms with Crippen molar-refractivity contribution in [2.45, 2.75) is 19.9 Å². The van der Waals surface area contributed by atoms with Gasteiger partial charge in [-0.1, -0.05) is 12.1 Å². The van der Waals surface area contributed by atoms with Crippen molar-refractivity contribution in [3.63, 3.8) is 0 Å². The molecule has 1 fully saturated rings. The second kappa shape index (κ2) is 5.38. The molecule has 1 aromatic carbocycles. The Bertz CT molecular complexity index is 918. The third-order valence-electron chi connectivity index (χ3n) is 4.44. The van der Waals surface area contributed by atoms with E-state index in [1.54, 1.807) is 10.5 Å². The minimum absolute atomic E-state index is 0.0147. The summed E-state index contributed by atoms with van der Waals surface area (Å²) in [6.45, 7) is 7.85. The summed E-state index contributed by atoms with van der Waals surface area (Å²) < 4.78 is 3.86. The fraction of sp³-hybridized carbons (Fsp3) is 0.412. The summed E-state index contributed by atoms with van der Waals surface area (Å²) in [6, 6.07) is 9.89. The number of hydrogen-bond acceptors (Lipinski definition) is 4. The van der Waals surface area contributed by atoms with Crippen LogP contribution < -0.4 is 15.8 Å². The zero-order valence-corrected chi connectivity index (χ0v) is 13.5. The molecule has 0 spiro atoms. The van der Waals surface area contributed by atoms with Crippen LogP contribution in [0.1, 0.15) is 19.9 Å². The summed E-state index contributed by atoms with van der Waals surface area (Å²) in [6.07, 6.45) is 0. The molecule has 1 saturated heterocycles. The number of benzene rings is 1. The molecule has 0 bridgehead atoms. The van der Waals surface area contributed by atoms with Gasteiger partial charge in [0.05, 0.1) is 11.0 Å². The van der Waals surface area contributed by atoms with E-state index in [2.05, 4.69) is 28.6 Å². The highest BCUT2D eigenvalue weighted by atomic mass is 16.1. The fourth-order valence-corrected chi connectivity index (χ4v) is 3.38. The highest BCUT2D eigenvalue weighted by molar-refractivity contribution is 5.81. The summed E-state index contributed by atoms with van der Waals surface area (Å²) >= 11 is 0. The van der Waals surface area contributed by atoms with E-state index in [1.165, 1.54) is 0 Å². The maximum absolute atomic E-state index is 12.8. The average Bonchev–Trinajstić information content (AvgIpc) is 2.90. The van der Waals surface area contributed by atoms with Gasteiger partial charge in [-0.15, -0.1) is 0 Å². The highest BCUT2D eigenvalue weighted by Gasteiger charge is 2.19. The quantitative estimate of drug-likeness (QED) is 0.782. The first-order valence-electron chi connectivity index (χ1n) is 8.15. The van der Waals surface area contributed by atoms with Crippen LogP contribution in [0.4, 0.5) is 5.82 Å². The molecule has 0 radical (unpaired) electrons. The minimum Gasteiger partial charge on any atom is -0.354 e. The Balaban J connectivity index is 2.03. The number of fused-ring (bicyclic) bond motifs is 3. The first kappa shape index (κ1) is 14.3. The topological polar surface area (TPSA) is 54.6 Å². The predicted octanol–water partition coefficient (Wildman–Crippen LogP) is 1.64. The second-order valence-electron chi connectivity index (χ2n) is 6.28. The summed E-state index contributed by atoms with van der Waals surface area (Å²) in [4.78, 5) is 19.8. The van der Waals surface area contributed by atoms with Crippen LogP contribution in [0.5, 0.6) is 0 Å². The van der Waals surface area contributed by atoms with Gasteiger partial charge in [-0.25, -0.2) is 4.40 Å². The molecule has 2 aromatic heterocycles. The largest absolute Gasteiger partial charge is 0.354 e. The van der Waals surface area contributed by atoms with Crippen LogP contribution in [0.25, 0.3) is 16.8 Å². The Hall–Kier alpha value is -2.34. The van der Waals surface area contributed by atoms with Gasteiger partial charge in [-0.3, -0.25) is 4.79 Å². The SMILES string of the molecule is CC(C)n1c2ccccc2n2c(=O)cc(N3CCNCC3)nc12. The van der Waals surface area contributed by atoms with E-state index in [-0.39, 0.29) is 11.6 Å². The Morgan fingerprint density at radius 1 is 1.13 bits per heavy atom. The first-order valence-corrected chi connectivity index (χ1v) is 8.15. The lowest BCUT2D eigenvalue weighted by Gasteiger charge is -2.28. The van der Waals surface area contributed by atoms with E-state index in [9.17, 15) is 4.79 Å². The molecule has 23 heavy (non-hydrogen) atoms. The van der Waals surface area contributed by atoms with Crippen molar-refractivity contribution in [2.75, 3.05) is 31.1 Å². The zero-order valence-electron chi connectivity index (χ0n) is 13.5. The molecular formula is C17H21N5O. The van der Waals surface area contributed by atoms with Crippen LogP contribution in [-0.2, 0) is 0 Å². The lowest BCUT2D eigenvalue weighted by molar-refractivity contribution is 0.582.